The fourth-order valence-electron chi connectivity index (χ4n) is 3.57. The number of rotatable bonds is 8. The summed E-state index contributed by atoms with van der Waals surface area (Å²) in [5.41, 5.74) is 1.66. The van der Waals surface area contributed by atoms with E-state index in [1.165, 1.54) is 0 Å². The van der Waals surface area contributed by atoms with Crippen LogP contribution >= 0.6 is 0 Å². The first-order valence-electron chi connectivity index (χ1n) is 10.4. The lowest BCUT2D eigenvalue weighted by molar-refractivity contribution is 0.0850. The average molecular weight is 438 g/mol. The van der Waals surface area contributed by atoms with Crippen LogP contribution in [-0.4, -0.2) is 48.4 Å². The first kappa shape index (κ1) is 21.6. The quantitative estimate of drug-likeness (QED) is 0.571. The number of carbonyl (C=O) groups is 1. The molecule has 1 saturated heterocycles. The highest BCUT2D eigenvalue weighted by atomic mass is 16.5. The normalized spacial score (nSPS) is 15.6. The maximum Gasteiger partial charge on any atom is 0.321 e. The first-order chi connectivity index (χ1) is 15.7. The summed E-state index contributed by atoms with van der Waals surface area (Å²) in [4.78, 5) is 18.9. The molecular weight excluding hydrogens is 412 g/mol. The van der Waals surface area contributed by atoms with Crippen LogP contribution < -0.4 is 14.8 Å². The third-order valence-corrected chi connectivity index (χ3v) is 5.31. The molecule has 2 aromatic carbocycles. The Morgan fingerprint density at radius 3 is 2.78 bits per heavy atom. The van der Waals surface area contributed by atoms with Gasteiger partial charge in [0.05, 0.1) is 26.5 Å². The average Bonchev–Trinajstić information content (AvgIpc) is 3.50. The second kappa shape index (κ2) is 10.1. The Labute approximate surface area is 186 Å². The Morgan fingerprint density at radius 1 is 1.16 bits per heavy atom. The molecule has 1 atom stereocenters. The number of nitrogens with zero attached hydrogens (tertiary/aromatic N) is 3. The molecule has 2 heterocycles. The first-order valence-corrected chi connectivity index (χ1v) is 10.4. The molecule has 1 unspecified atom stereocenters. The minimum absolute atomic E-state index is 0.0186. The monoisotopic (exact) mass is 438 g/mol. The lowest BCUT2D eigenvalue weighted by atomic mass is 10.1. The van der Waals surface area contributed by atoms with E-state index in [0.29, 0.717) is 48.6 Å². The van der Waals surface area contributed by atoms with Gasteiger partial charge in [-0.05, 0) is 24.1 Å². The Morgan fingerprint density at radius 2 is 2.00 bits per heavy atom. The summed E-state index contributed by atoms with van der Waals surface area (Å²) in [5.74, 6) is 2.24. The summed E-state index contributed by atoms with van der Waals surface area (Å²) < 4.78 is 21.5. The third-order valence-electron chi connectivity index (χ3n) is 5.31. The van der Waals surface area contributed by atoms with Gasteiger partial charge in [0.2, 0.25) is 0 Å². The molecule has 2 amide bonds. The summed E-state index contributed by atoms with van der Waals surface area (Å²) >= 11 is 0. The maximum absolute atomic E-state index is 12.7. The SMILES string of the molecule is COc1ccc(NC(=O)N2CCC(c3noc(COCc4ccccc4)n3)C2)c(OC)c1. The topological polar surface area (TPSA) is 99.0 Å². The molecule has 9 nitrogen and oxygen atoms in total. The summed E-state index contributed by atoms with van der Waals surface area (Å²) in [7, 11) is 3.13. The summed E-state index contributed by atoms with van der Waals surface area (Å²) in [5, 5.41) is 6.99. The number of aromatic nitrogens is 2. The molecule has 9 heteroatoms. The van der Waals surface area contributed by atoms with Crippen LogP contribution in [0.1, 0.15) is 29.6 Å². The molecule has 32 heavy (non-hydrogen) atoms. The fraction of sp³-hybridized carbons (Fsp3) is 0.348. The zero-order valence-electron chi connectivity index (χ0n) is 18.1. The number of carbonyl (C=O) groups excluding carboxylic acids is 1. The molecule has 0 spiro atoms. The Balaban J connectivity index is 1.29. The predicted molar refractivity (Wildman–Crippen MR) is 117 cm³/mol. The van der Waals surface area contributed by atoms with E-state index < -0.39 is 0 Å². The van der Waals surface area contributed by atoms with Gasteiger partial charge in [0.15, 0.2) is 5.82 Å². The van der Waals surface area contributed by atoms with Crippen molar-refractivity contribution in [2.24, 2.45) is 0 Å². The molecule has 1 aliphatic heterocycles. The van der Waals surface area contributed by atoms with Crippen LogP contribution in [0.3, 0.4) is 0 Å². The standard InChI is InChI=1S/C23H26N4O5/c1-29-18-8-9-19(20(12-18)30-2)24-23(28)27-11-10-17(13-27)22-25-21(32-26-22)15-31-14-16-6-4-3-5-7-16/h3-9,12,17H,10-11,13-15H2,1-2H3,(H,24,28). The van der Waals surface area contributed by atoms with E-state index in [4.69, 9.17) is 18.7 Å². The molecule has 4 rings (SSSR count). The van der Waals surface area contributed by atoms with Gasteiger partial charge in [-0.2, -0.15) is 4.98 Å². The molecule has 168 valence electrons. The molecule has 3 aromatic rings. The lowest BCUT2D eigenvalue weighted by Crippen LogP contribution is -2.33. The third kappa shape index (κ3) is 5.17. The number of urea groups is 1. The van der Waals surface area contributed by atoms with Crippen molar-refractivity contribution >= 4 is 11.7 Å². The van der Waals surface area contributed by atoms with Crippen molar-refractivity contribution in [1.82, 2.24) is 15.0 Å². The van der Waals surface area contributed by atoms with Gasteiger partial charge >= 0.3 is 6.03 Å². The highest BCUT2D eigenvalue weighted by Crippen LogP contribution is 2.30. The van der Waals surface area contributed by atoms with Gasteiger partial charge in [-0.1, -0.05) is 35.5 Å². The van der Waals surface area contributed by atoms with Crippen molar-refractivity contribution in [2.75, 3.05) is 32.6 Å². The van der Waals surface area contributed by atoms with Crippen molar-refractivity contribution < 1.29 is 23.5 Å². The van der Waals surface area contributed by atoms with Gasteiger partial charge in [-0.3, -0.25) is 0 Å². The molecule has 0 radical (unpaired) electrons. The lowest BCUT2D eigenvalue weighted by Gasteiger charge is -2.18. The number of likely N-dealkylation sites (tertiary alicyclic amines) is 1. The molecule has 0 aliphatic carbocycles. The number of hydrogen-bond donors (Lipinski definition) is 1. The van der Waals surface area contributed by atoms with Crippen LogP contribution in [-0.2, 0) is 18.0 Å². The number of nitrogens with one attached hydrogen (secondary N) is 1. The van der Waals surface area contributed by atoms with Crippen LogP contribution in [0.15, 0.2) is 53.1 Å². The Bertz CT molecular complexity index is 1040. The summed E-state index contributed by atoms with van der Waals surface area (Å²) in [6.45, 7) is 1.83. The highest BCUT2D eigenvalue weighted by Gasteiger charge is 2.31. The molecule has 1 aromatic heterocycles. The van der Waals surface area contributed by atoms with Crippen molar-refractivity contribution in [1.29, 1.82) is 0 Å². The predicted octanol–water partition coefficient (Wildman–Crippen LogP) is 3.83. The number of ether oxygens (including phenoxy) is 3. The van der Waals surface area contributed by atoms with Crippen LogP contribution in [0.25, 0.3) is 0 Å². The van der Waals surface area contributed by atoms with Gasteiger partial charge in [0, 0.05) is 25.1 Å². The van der Waals surface area contributed by atoms with E-state index in [0.717, 1.165) is 12.0 Å². The number of methoxy groups -OCH3 is 2. The van der Waals surface area contributed by atoms with Crippen molar-refractivity contribution in [2.45, 2.75) is 25.6 Å². The van der Waals surface area contributed by atoms with Crippen molar-refractivity contribution in [3.63, 3.8) is 0 Å². The van der Waals surface area contributed by atoms with E-state index in [2.05, 4.69) is 15.5 Å². The fourth-order valence-corrected chi connectivity index (χ4v) is 3.57. The molecule has 1 aliphatic rings. The summed E-state index contributed by atoms with van der Waals surface area (Å²) in [6.07, 6.45) is 0.761. The number of benzene rings is 2. The minimum Gasteiger partial charge on any atom is -0.497 e. The smallest absolute Gasteiger partial charge is 0.321 e. The van der Waals surface area contributed by atoms with Crippen molar-refractivity contribution in [3.8, 4) is 11.5 Å². The van der Waals surface area contributed by atoms with Gasteiger partial charge < -0.3 is 29.0 Å². The number of amides is 2. The molecule has 1 N–H and O–H groups in total. The minimum atomic E-state index is -0.203. The van der Waals surface area contributed by atoms with Crippen LogP contribution in [0, 0.1) is 0 Å². The van der Waals surface area contributed by atoms with E-state index in [-0.39, 0.29) is 18.6 Å². The van der Waals surface area contributed by atoms with Crippen molar-refractivity contribution in [3.05, 3.63) is 65.8 Å². The Hall–Kier alpha value is -3.59. The van der Waals surface area contributed by atoms with Crippen LogP contribution in [0.5, 0.6) is 11.5 Å². The number of hydrogen-bond acceptors (Lipinski definition) is 7. The molecular formula is C23H26N4O5. The van der Waals surface area contributed by atoms with E-state index in [1.54, 1.807) is 37.3 Å². The van der Waals surface area contributed by atoms with E-state index >= 15 is 0 Å². The van der Waals surface area contributed by atoms with E-state index in [9.17, 15) is 4.79 Å². The van der Waals surface area contributed by atoms with Gasteiger partial charge in [0.1, 0.15) is 18.1 Å². The van der Waals surface area contributed by atoms with Crippen LogP contribution in [0.2, 0.25) is 0 Å². The van der Waals surface area contributed by atoms with E-state index in [1.807, 2.05) is 30.3 Å². The van der Waals surface area contributed by atoms with Gasteiger partial charge in [-0.25, -0.2) is 4.79 Å². The van der Waals surface area contributed by atoms with Gasteiger partial charge in [0.25, 0.3) is 5.89 Å². The molecule has 1 fully saturated rings. The summed E-state index contributed by atoms with van der Waals surface area (Å²) in [6, 6.07) is 14.9. The second-order valence-corrected chi connectivity index (χ2v) is 7.45. The second-order valence-electron chi connectivity index (χ2n) is 7.45. The van der Waals surface area contributed by atoms with Crippen LogP contribution in [0.4, 0.5) is 10.5 Å². The number of anilines is 1. The Kier molecular flexibility index (Phi) is 6.86. The van der Waals surface area contributed by atoms with Gasteiger partial charge in [-0.15, -0.1) is 0 Å². The zero-order valence-corrected chi connectivity index (χ0v) is 18.1. The largest absolute Gasteiger partial charge is 0.497 e. The molecule has 0 bridgehead atoms. The maximum atomic E-state index is 12.7. The molecule has 0 saturated carbocycles. The highest BCUT2D eigenvalue weighted by molar-refractivity contribution is 5.91. The zero-order chi connectivity index (χ0) is 22.3.